The third-order valence-electron chi connectivity index (χ3n) is 3.06. The number of fused-ring (bicyclic) bond motifs is 1. The summed E-state index contributed by atoms with van der Waals surface area (Å²) in [5, 5.41) is 14.8. The van der Waals surface area contributed by atoms with E-state index < -0.39 is 4.92 Å². The summed E-state index contributed by atoms with van der Waals surface area (Å²) in [6.07, 6.45) is 3.51. The first-order valence-electron chi connectivity index (χ1n) is 6.11. The molecule has 0 bridgehead atoms. The van der Waals surface area contributed by atoms with Crippen LogP contribution in [0.1, 0.15) is 13.8 Å². The number of nitro groups is 1. The van der Waals surface area contributed by atoms with Gasteiger partial charge in [-0.3, -0.25) is 10.1 Å². The van der Waals surface area contributed by atoms with Gasteiger partial charge in [-0.1, -0.05) is 0 Å². The van der Waals surface area contributed by atoms with E-state index in [4.69, 9.17) is 0 Å². The summed E-state index contributed by atoms with van der Waals surface area (Å²) < 4.78 is 0.0536. The highest BCUT2D eigenvalue weighted by Gasteiger charge is 2.17. The Morgan fingerprint density at radius 1 is 1.40 bits per heavy atom. The van der Waals surface area contributed by atoms with Crippen molar-refractivity contribution < 1.29 is 4.92 Å². The average Bonchev–Trinajstić information content (AvgIpc) is 2.44. The van der Waals surface area contributed by atoms with Gasteiger partial charge < -0.3 is 5.32 Å². The predicted octanol–water partition coefficient (Wildman–Crippen LogP) is 3.09. The number of non-ortho nitro benzene ring substituents is 1. The number of benzene rings is 1. The molecule has 1 N–H and O–H groups in total. The number of nitrogens with zero attached hydrogens (tertiary/aromatic N) is 3. The van der Waals surface area contributed by atoms with Crippen molar-refractivity contribution in [2.75, 3.05) is 18.1 Å². The van der Waals surface area contributed by atoms with Crippen LogP contribution in [0.15, 0.2) is 24.5 Å². The van der Waals surface area contributed by atoms with Crippen molar-refractivity contribution >= 4 is 34.2 Å². The molecule has 2 rings (SSSR count). The SMILES string of the molecule is CSC(C)(C)CNc1ncnc2ccc([N+](=O)[O-])cc12. The number of aromatic nitrogens is 2. The maximum atomic E-state index is 10.9. The van der Waals surface area contributed by atoms with Gasteiger partial charge in [-0.25, -0.2) is 9.97 Å². The Labute approximate surface area is 121 Å². The van der Waals surface area contributed by atoms with Gasteiger partial charge >= 0.3 is 0 Å². The Balaban J connectivity index is 2.37. The monoisotopic (exact) mass is 292 g/mol. The minimum absolute atomic E-state index is 0.0412. The van der Waals surface area contributed by atoms with Crippen molar-refractivity contribution in [3.8, 4) is 0 Å². The van der Waals surface area contributed by atoms with Crippen LogP contribution in [0.4, 0.5) is 11.5 Å². The number of rotatable bonds is 5. The number of nitro benzene ring substituents is 1. The van der Waals surface area contributed by atoms with Gasteiger partial charge in [0.1, 0.15) is 12.1 Å². The van der Waals surface area contributed by atoms with Crippen LogP contribution in [0, 0.1) is 10.1 Å². The quantitative estimate of drug-likeness (QED) is 0.673. The topological polar surface area (TPSA) is 81.0 Å². The first-order chi connectivity index (χ1) is 9.43. The third-order valence-corrected chi connectivity index (χ3v) is 4.31. The van der Waals surface area contributed by atoms with E-state index in [0.29, 0.717) is 23.3 Å². The maximum Gasteiger partial charge on any atom is 0.270 e. The molecule has 0 spiro atoms. The van der Waals surface area contributed by atoms with Crippen LogP contribution in [0.25, 0.3) is 10.9 Å². The standard InChI is InChI=1S/C13H16N4O2S/c1-13(2,20-3)7-14-12-10-6-9(17(18)19)4-5-11(10)15-8-16-12/h4-6,8H,7H2,1-3H3,(H,14,15,16). The number of hydrogen-bond acceptors (Lipinski definition) is 6. The van der Waals surface area contributed by atoms with E-state index in [1.807, 2.05) is 6.26 Å². The minimum atomic E-state index is -0.415. The summed E-state index contributed by atoms with van der Waals surface area (Å²) in [6, 6.07) is 4.59. The Bertz CT molecular complexity index is 645. The zero-order chi connectivity index (χ0) is 14.8. The van der Waals surface area contributed by atoms with Gasteiger partial charge in [0.25, 0.3) is 5.69 Å². The second-order valence-electron chi connectivity index (χ2n) is 5.00. The lowest BCUT2D eigenvalue weighted by Crippen LogP contribution is -2.26. The van der Waals surface area contributed by atoms with Gasteiger partial charge in [-0.05, 0) is 26.2 Å². The Morgan fingerprint density at radius 3 is 2.80 bits per heavy atom. The molecule has 0 unspecified atom stereocenters. The van der Waals surface area contributed by atoms with E-state index in [1.54, 1.807) is 17.8 Å². The molecule has 1 aromatic carbocycles. The summed E-state index contributed by atoms with van der Waals surface area (Å²) in [6.45, 7) is 4.95. The van der Waals surface area contributed by atoms with Gasteiger partial charge in [0.05, 0.1) is 10.4 Å². The molecule has 6 nitrogen and oxygen atoms in total. The first kappa shape index (κ1) is 14.5. The van der Waals surface area contributed by atoms with Gasteiger partial charge in [0.15, 0.2) is 0 Å². The Morgan fingerprint density at radius 2 is 2.15 bits per heavy atom. The molecule has 1 aromatic heterocycles. The molecule has 0 aliphatic heterocycles. The van der Waals surface area contributed by atoms with Crippen LogP contribution in [-0.2, 0) is 0 Å². The van der Waals surface area contributed by atoms with Crippen molar-refractivity contribution in [3.63, 3.8) is 0 Å². The van der Waals surface area contributed by atoms with Crippen molar-refractivity contribution in [2.24, 2.45) is 0 Å². The van der Waals surface area contributed by atoms with Gasteiger partial charge in [0.2, 0.25) is 0 Å². The van der Waals surface area contributed by atoms with Crippen molar-refractivity contribution in [1.82, 2.24) is 9.97 Å². The third kappa shape index (κ3) is 3.16. The number of nitrogens with one attached hydrogen (secondary N) is 1. The Hall–Kier alpha value is -1.89. The molecule has 0 atom stereocenters. The van der Waals surface area contributed by atoms with Crippen LogP contribution in [0.3, 0.4) is 0 Å². The van der Waals surface area contributed by atoms with E-state index in [0.717, 1.165) is 0 Å². The number of thioether (sulfide) groups is 1. The molecule has 20 heavy (non-hydrogen) atoms. The van der Waals surface area contributed by atoms with Crippen LogP contribution in [0.2, 0.25) is 0 Å². The van der Waals surface area contributed by atoms with Gasteiger partial charge in [0, 0.05) is 28.8 Å². The van der Waals surface area contributed by atoms with Crippen molar-refractivity contribution in [1.29, 1.82) is 0 Å². The molecule has 0 amide bonds. The zero-order valence-corrected chi connectivity index (χ0v) is 12.4. The maximum absolute atomic E-state index is 10.9. The lowest BCUT2D eigenvalue weighted by atomic mass is 10.2. The van der Waals surface area contributed by atoms with E-state index >= 15 is 0 Å². The average molecular weight is 292 g/mol. The molecule has 0 radical (unpaired) electrons. The van der Waals surface area contributed by atoms with E-state index in [1.165, 1.54) is 18.5 Å². The molecule has 7 heteroatoms. The molecule has 1 heterocycles. The number of anilines is 1. The summed E-state index contributed by atoms with van der Waals surface area (Å²) >= 11 is 1.75. The highest BCUT2D eigenvalue weighted by atomic mass is 32.2. The normalized spacial score (nSPS) is 11.6. The molecule has 106 valence electrons. The fourth-order valence-corrected chi connectivity index (χ4v) is 1.88. The predicted molar refractivity (Wildman–Crippen MR) is 82.3 cm³/mol. The molecular weight excluding hydrogens is 276 g/mol. The van der Waals surface area contributed by atoms with Crippen LogP contribution < -0.4 is 5.32 Å². The Kier molecular flexibility index (Phi) is 4.08. The first-order valence-corrected chi connectivity index (χ1v) is 7.33. The molecule has 0 aliphatic rings. The van der Waals surface area contributed by atoms with Gasteiger partial charge in [-0.2, -0.15) is 11.8 Å². The fraction of sp³-hybridized carbons (Fsp3) is 0.385. The molecule has 0 aliphatic carbocycles. The van der Waals surface area contributed by atoms with Gasteiger partial charge in [-0.15, -0.1) is 0 Å². The smallest absolute Gasteiger partial charge is 0.270 e. The zero-order valence-electron chi connectivity index (χ0n) is 11.6. The molecule has 0 fully saturated rings. The van der Waals surface area contributed by atoms with Crippen molar-refractivity contribution in [2.45, 2.75) is 18.6 Å². The summed E-state index contributed by atoms with van der Waals surface area (Å²) in [7, 11) is 0. The van der Waals surface area contributed by atoms with Crippen LogP contribution in [0.5, 0.6) is 0 Å². The van der Waals surface area contributed by atoms with Crippen LogP contribution in [-0.4, -0.2) is 32.4 Å². The lowest BCUT2D eigenvalue weighted by Gasteiger charge is -2.22. The summed E-state index contributed by atoms with van der Waals surface area (Å²) in [5.74, 6) is 0.626. The largest absolute Gasteiger partial charge is 0.368 e. The molecule has 0 saturated carbocycles. The van der Waals surface area contributed by atoms with Crippen molar-refractivity contribution in [3.05, 3.63) is 34.6 Å². The lowest BCUT2D eigenvalue weighted by molar-refractivity contribution is -0.384. The van der Waals surface area contributed by atoms with E-state index in [9.17, 15) is 10.1 Å². The second-order valence-corrected chi connectivity index (χ2v) is 6.51. The highest BCUT2D eigenvalue weighted by Crippen LogP contribution is 2.26. The number of hydrogen-bond donors (Lipinski definition) is 1. The molecular formula is C13H16N4O2S. The highest BCUT2D eigenvalue weighted by molar-refractivity contribution is 7.99. The van der Waals surface area contributed by atoms with E-state index in [-0.39, 0.29) is 10.4 Å². The molecule has 2 aromatic rings. The van der Waals surface area contributed by atoms with Crippen LogP contribution >= 0.6 is 11.8 Å². The minimum Gasteiger partial charge on any atom is -0.368 e. The van der Waals surface area contributed by atoms with E-state index in [2.05, 4.69) is 29.1 Å². The summed E-state index contributed by atoms with van der Waals surface area (Å²) in [5.41, 5.74) is 0.731. The fourth-order valence-electron chi connectivity index (χ4n) is 1.67. The second kappa shape index (κ2) is 5.62. The molecule has 0 saturated heterocycles. The summed E-state index contributed by atoms with van der Waals surface area (Å²) in [4.78, 5) is 18.8.